The lowest BCUT2D eigenvalue weighted by molar-refractivity contribution is 0.816. The molecule has 0 aromatic heterocycles. The molecule has 124 valence electrons. The number of rotatable bonds is 5. The normalized spacial score (nSPS) is 8.83. The highest BCUT2D eigenvalue weighted by molar-refractivity contribution is 5.48. The Balaban J connectivity index is 0.000000379. The van der Waals surface area contributed by atoms with Crippen molar-refractivity contribution < 1.29 is 0 Å². The second-order valence-corrected chi connectivity index (χ2v) is 4.90. The molecule has 0 amide bonds. The number of allylic oxidation sites excluding steroid dienone is 2. The average molecular weight is 317 g/mol. The number of nitriles is 1. The van der Waals surface area contributed by atoms with Gasteiger partial charge in [-0.05, 0) is 17.5 Å². The first-order valence-electron chi connectivity index (χ1n) is 8.18. The SMILES string of the molecule is C=CC#N.C=Cc1ccccc1.CCCCC=Cc1ccccc1. The van der Waals surface area contributed by atoms with Crippen molar-refractivity contribution in [2.24, 2.45) is 0 Å². The van der Waals surface area contributed by atoms with E-state index in [1.54, 1.807) is 6.07 Å². The van der Waals surface area contributed by atoms with Crippen molar-refractivity contribution in [3.8, 4) is 6.07 Å². The van der Waals surface area contributed by atoms with Crippen LogP contribution < -0.4 is 0 Å². The predicted molar refractivity (Wildman–Crippen MR) is 107 cm³/mol. The Hall–Kier alpha value is -2.85. The number of hydrogen-bond acceptors (Lipinski definition) is 1. The molecular formula is C23H27N. The maximum Gasteiger partial charge on any atom is 0.0905 e. The zero-order valence-electron chi connectivity index (χ0n) is 14.6. The minimum absolute atomic E-state index is 1.17. The summed E-state index contributed by atoms with van der Waals surface area (Å²) in [4.78, 5) is 0. The van der Waals surface area contributed by atoms with Crippen molar-refractivity contribution in [1.82, 2.24) is 0 Å². The highest BCUT2D eigenvalue weighted by atomic mass is 14.2. The van der Waals surface area contributed by atoms with Gasteiger partial charge in [-0.1, -0.05) is 112 Å². The predicted octanol–water partition coefficient (Wildman–Crippen LogP) is 6.92. The van der Waals surface area contributed by atoms with E-state index in [9.17, 15) is 0 Å². The summed E-state index contributed by atoms with van der Waals surface area (Å²) < 4.78 is 0. The van der Waals surface area contributed by atoms with Crippen LogP contribution >= 0.6 is 0 Å². The summed E-state index contributed by atoms with van der Waals surface area (Å²) in [5.74, 6) is 0. The summed E-state index contributed by atoms with van der Waals surface area (Å²) in [6, 6.07) is 22.2. The van der Waals surface area contributed by atoms with E-state index in [-0.39, 0.29) is 0 Å². The molecule has 0 bridgehead atoms. The van der Waals surface area contributed by atoms with Crippen LogP contribution in [0.2, 0.25) is 0 Å². The largest absolute Gasteiger partial charge is 0.193 e. The summed E-state index contributed by atoms with van der Waals surface area (Å²) in [7, 11) is 0. The van der Waals surface area contributed by atoms with E-state index in [0.717, 1.165) is 0 Å². The van der Waals surface area contributed by atoms with Gasteiger partial charge < -0.3 is 0 Å². The fraction of sp³-hybridized carbons (Fsp3) is 0.174. The van der Waals surface area contributed by atoms with Crippen LogP contribution in [0, 0.1) is 11.3 Å². The van der Waals surface area contributed by atoms with Crippen molar-refractivity contribution in [2.75, 3.05) is 0 Å². The molecule has 0 atom stereocenters. The van der Waals surface area contributed by atoms with Crippen LogP contribution in [0.15, 0.2) is 86.0 Å². The monoisotopic (exact) mass is 317 g/mol. The topological polar surface area (TPSA) is 23.8 Å². The summed E-state index contributed by atoms with van der Waals surface area (Å²) in [6.45, 7) is 8.97. The van der Waals surface area contributed by atoms with Crippen LogP contribution in [0.25, 0.3) is 12.2 Å². The molecule has 0 unspecified atom stereocenters. The Bertz CT molecular complexity index is 603. The quantitative estimate of drug-likeness (QED) is 0.434. The molecule has 0 aliphatic heterocycles. The summed E-state index contributed by atoms with van der Waals surface area (Å²) in [5.41, 5.74) is 2.47. The van der Waals surface area contributed by atoms with E-state index in [4.69, 9.17) is 5.26 Å². The molecule has 0 N–H and O–H groups in total. The zero-order valence-corrected chi connectivity index (χ0v) is 14.6. The molecule has 2 aromatic carbocycles. The number of unbranched alkanes of at least 4 members (excludes halogenated alkanes) is 2. The third-order valence-corrected chi connectivity index (χ3v) is 2.96. The fourth-order valence-corrected chi connectivity index (χ4v) is 1.69. The molecule has 24 heavy (non-hydrogen) atoms. The van der Waals surface area contributed by atoms with E-state index >= 15 is 0 Å². The van der Waals surface area contributed by atoms with Gasteiger partial charge in [0.05, 0.1) is 6.07 Å². The molecule has 1 heteroatoms. The van der Waals surface area contributed by atoms with Crippen molar-refractivity contribution in [3.63, 3.8) is 0 Å². The molecule has 2 aromatic rings. The average Bonchev–Trinajstić information content (AvgIpc) is 2.67. The van der Waals surface area contributed by atoms with Gasteiger partial charge in [-0.15, -0.1) is 0 Å². The number of benzene rings is 2. The summed E-state index contributed by atoms with van der Waals surface area (Å²) in [5, 5.41) is 7.51. The highest BCUT2D eigenvalue weighted by Crippen LogP contribution is 2.03. The Morgan fingerprint density at radius 2 is 1.42 bits per heavy atom. The second kappa shape index (κ2) is 16.5. The molecule has 0 radical (unpaired) electrons. The van der Waals surface area contributed by atoms with Crippen LogP contribution in [-0.4, -0.2) is 0 Å². The first kappa shape index (κ1) is 21.1. The fourth-order valence-electron chi connectivity index (χ4n) is 1.69. The molecule has 2 rings (SSSR count). The smallest absolute Gasteiger partial charge is 0.0905 e. The van der Waals surface area contributed by atoms with Gasteiger partial charge in [-0.25, -0.2) is 0 Å². The van der Waals surface area contributed by atoms with E-state index in [0.29, 0.717) is 0 Å². The van der Waals surface area contributed by atoms with Crippen molar-refractivity contribution in [1.29, 1.82) is 5.26 Å². The van der Waals surface area contributed by atoms with Crippen molar-refractivity contribution in [3.05, 3.63) is 97.1 Å². The van der Waals surface area contributed by atoms with Crippen LogP contribution in [0.1, 0.15) is 37.3 Å². The van der Waals surface area contributed by atoms with Crippen LogP contribution in [0.4, 0.5) is 0 Å². The third-order valence-electron chi connectivity index (χ3n) is 2.96. The van der Waals surface area contributed by atoms with Crippen LogP contribution in [0.3, 0.4) is 0 Å². The lowest BCUT2D eigenvalue weighted by Crippen LogP contribution is -1.69. The van der Waals surface area contributed by atoms with Crippen LogP contribution in [-0.2, 0) is 0 Å². The third kappa shape index (κ3) is 12.9. The van der Waals surface area contributed by atoms with Crippen molar-refractivity contribution >= 4 is 12.2 Å². The molecule has 0 fully saturated rings. The maximum absolute atomic E-state index is 7.51. The van der Waals surface area contributed by atoms with E-state index in [1.165, 1.54) is 36.5 Å². The lowest BCUT2D eigenvalue weighted by atomic mass is 10.2. The Labute approximate surface area is 147 Å². The molecule has 1 nitrogen and oxygen atoms in total. The van der Waals surface area contributed by atoms with Crippen LogP contribution in [0.5, 0.6) is 0 Å². The Kier molecular flexibility index (Phi) is 14.6. The van der Waals surface area contributed by atoms with Gasteiger partial charge in [0.2, 0.25) is 0 Å². The molecule has 0 spiro atoms. The first-order valence-corrected chi connectivity index (χ1v) is 8.18. The van der Waals surface area contributed by atoms with Gasteiger partial charge >= 0.3 is 0 Å². The van der Waals surface area contributed by atoms with Gasteiger partial charge in [0, 0.05) is 6.08 Å². The minimum Gasteiger partial charge on any atom is -0.193 e. The molecule has 0 heterocycles. The molecule has 0 aliphatic carbocycles. The zero-order chi connectivity index (χ0) is 17.9. The van der Waals surface area contributed by atoms with Gasteiger partial charge in [0.25, 0.3) is 0 Å². The second-order valence-electron chi connectivity index (χ2n) is 4.90. The van der Waals surface area contributed by atoms with Gasteiger partial charge in [0.1, 0.15) is 0 Å². The molecular weight excluding hydrogens is 290 g/mol. The Morgan fingerprint density at radius 1 is 0.917 bits per heavy atom. The molecule has 0 saturated heterocycles. The van der Waals surface area contributed by atoms with E-state index < -0.39 is 0 Å². The maximum atomic E-state index is 7.51. The minimum atomic E-state index is 1.17. The molecule has 0 saturated carbocycles. The first-order chi connectivity index (χ1) is 11.8. The highest BCUT2D eigenvalue weighted by Gasteiger charge is 1.82. The molecule has 0 aliphatic rings. The van der Waals surface area contributed by atoms with E-state index in [2.05, 4.69) is 56.5 Å². The van der Waals surface area contributed by atoms with E-state index in [1.807, 2.05) is 42.5 Å². The van der Waals surface area contributed by atoms with Gasteiger partial charge in [0.15, 0.2) is 0 Å². The lowest BCUT2D eigenvalue weighted by Gasteiger charge is -1.91. The van der Waals surface area contributed by atoms with Gasteiger partial charge in [-0.2, -0.15) is 5.26 Å². The number of hydrogen-bond donors (Lipinski definition) is 0. The summed E-state index contributed by atoms with van der Waals surface area (Å²) >= 11 is 0. The van der Waals surface area contributed by atoms with Gasteiger partial charge in [-0.3, -0.25) is 0 Å². The Morgan fingerprint density at radius 3 is 1.79 bits per heavy atom. The number of nitrogens with zero attached hydrogens (tertiary/aromatic N) is 1. The standard InChI is InChI=1S/C12H16.C8H8.C3H3N/c1-2-3-4-6-9-12-10-7-5-8-11-12;1-2-8-6-4-3-5-7-8;1-2-3-4/h5-11H,2-4H2,1H3;2-7H,1H2;2H,1H2. The van der Waals surface area contributed by atoms with Crippen molar-refractivity contribution in [2.45, 2.75) is 26.2 Å². The summed E-state index contributed by atoms with van der Waals surface area (Å²) in [6.07, 6.45) is 11.2.